The van der Waals surface area contributed by atoms with Crippen LogP contribution >= 0.6 is 0 Å². The van der Waals surface area contributed by atoms with E-state index in [9.17, 15) is 4.79 Å². The minimum Gasteiger partial charge on any atom is -0.338 e. The fourth-order valence-corrected chi connectivity index (χ4v) is 1.94. The smallest absolute Gasteiger partial charge is 0.319 e. The minimum atomic E-state index is -0.134. The molecule has 0 saturated heterocycles. The molecular weight excluding hydrogens is 238 g/mol. The molecule has 0 atom stereocenters. The van der Waals surface area contributed by atoms with Crippen LogP contribution in [-0.4, -0.2) is 37.1 Å². The third kappa shape index (κ3) is 6.25. The van der Waals surface area contributed by atoms with Crippen molar-refractivity contribution in [1.82, 2.24) is 10.2 Å². The Morgan fingerprint density at radius 2 is 2.00 bits per heavy atom. The van der Waals surface area contributed by atoms with Crippen molar-refractivity contribution in [3.8, 4) is 0 Å². The number of rotatable bonds is 7. The number of urea groups is 1. The van der Waals surface area contributed by atoms with Crippen LogP contribution in [0, 0.1) is 6.92 Å². The van der Waals surface area contributed by atoms with Gasteiger partial charge in [0.2, 0.25) is 0 Å². The van der Waals surface area contributed by atoms with E-state index in [0.717, 1.165) is 37.3 Å². The van der Waals surface area contributed by atoms with Crippen molar-refractivity contribution in [2.45, 2.75) is 27.2 Å². The highest BCUT2D eigenvalue weighted by molar-refractivity contribution is 5.89. The summed E-state index contributed by atoms with van der Waals surface area (Å²) in [5.74, 6) is 0. The van der Waals surface area contributed by atoms with Gasteiger partial charge in [-0.2, -0.15) is 0 Å². The van der Waals surface area contributed by atoms with Crippen LogP contribution in [0.5, 0.6) is 0 Å². The van der Waals surface area contributed by atoms with Crippen molar-refractivity contribution < 1.29 is 4.79 Å². The standard InChI is InChI=1S/C15H25N3O/c1-4-18(5-2)11-7-10-16-15(19)17-14-9-6-8-13(3)12-14/h6,8-9,12H,4-5,7,10-11H2,1-3H3,(H2,16,17,19). The van der Waals surface area contributed by atoms with Gasteiger partial charge in [0, 0.05) is 12.2 Å². The molecule has 0 bridgehead atoms. The summed E-state index contributed by atoms with van der Waals surface area (Å²) in [6, 6.07) is 7.65. The second-order valence-electron chi connectivity index (χ2n) is 4.63. The monoisotopic (exact) mass is 263 g/mol. The van der Waals surface area contributed by atoms with Crippen LogP contribution in [-0.2, 0) is 0 Å². The summed E-state index contributed by atoms with van der Waals surface area (Å²) in [6.45, 7) is 10.2. The Morgan fingerprint density at radius 1 is 1.26 bits per heavy atom. The van der Waals surface area contributed by atoms with Crippen LogP contribution in [0.4, 0.5) is 10.5 Å². The number of nitrogens with one attached hydrogen (secondary N) is 2. The predicted octanol–water partition coefficient (Wildman–Crippen LogP) is 2.85. The van der Waals surface area contributed by atoms with Crippen LogP contribution in [0.1, 0.15) is 25.8 Å². The molecule has 1 aromatic carbocycles. The number of anilines is 1. The Balaban J connectivity index is 2.21. The number of hydrogen-bond donors (Lipinski definition) is 2. The molecule has 4 nitrogen and oxygen atoms in total. The molecule has 1 rings (SSSR count). The predicted molar refractivity (Wildman–Crippen MR) is 80.6 cm³/mol. The van der Waals surface area contributed by atoms with E-state index in [0.29, 0.717) is 6.54 Å². The number of carbonyl (C=O) groups excluding carboxylic acids is 1. The van der Waals surface area contributed by atoms with Crippen molar-refractivity contribution >= 4 is 11.7 Å². The largest absolute Gasteiger partial charge is 0.338 e. The summed E-state index contributed by atoms with van der Waals surface area (Å²) in [6.07, 6.45) is 0.975. The van der Waals surface area contributed by atoms with E-state index < -0.39 is 0 Å². The van der Waals surface area contributed by atoms with Crippen LogP contribution in [0.2, 0.25) is 0 Å². The summed E-state index contributed by atoms with van der Waals surface area (Å²) in [5, 5.41) is 5.71. The molecule has 0 unspecified atom stereocenters. The average Bonchev–Trinajstić information content (AvgIpc) is 2.39. The maximum Gasteiger partial charge on any atom is 0.319 e. The van der Waals surface area contributed by atoms with Gasteiger partial charge in [0.1, 0.15) is 0 Å². The zero-order chi connectivity index (χ0) is 14.1. The van der Waals surface area contributed by atoms with Gasteiger partial charge < -0.3 is 15.5 Å². The van der Waals surface area contributed by atoms with E-state index in [1.807, 2.05) is 31.2 Å². The third-order valence-corrected chi connectivity index (χ3v) is 3.11. The Bertz CT molecular complexity index is 389. The van der Waals surface area contributed by atoms with Gasteiger partial charge in [-0.1, -0.05) is 26.0 Å². The fraction of sp³-hybridized carbons (Fsp3) is 0.533. The second-order valence-corrected chi connectivity index (χ2v) is 4.63. The second kappa shape index (κ2) is 8.53. The molecule has 4 heteroatoms. The molecule has 0 spiro atoms. The summed E-state index contributed by atoms with van der Waals surface area (Å²) < 4.78 is 0. The number of carbonyl (C=O) groups is 1. The van der Waals surface area contributed by atoms with Gasteiger partial charge in [0.05, 0.1) is 0 Å². The molecule has 19 heavy (non-hydrogen) atoms. The van der Waals surface area contributed by atoms with Crippen LogP contribution < -0.4 is 10.6 Å². The van der Waals surface area contributed by atoms with Crippen LogP contribution in [0.15, 0.2) is 24.3 Å². The van der Waals surface area contributed by atoms with E-state index in [1.165, 1.54) is 0 Å². The third-order valence-electron chi connectivity index (χ3n) is 3.11. The molecule has 0 aliphatic rings. The summed E-state index contributed by atoms with van der Waals surface area (Å²) in [7, 11) is 0. The highest BCUT2D eigenvalue weighted by Gasteiger charge is 2.02. The first-order valence-electron chi connectivity index (χ1n) is 6.99. The quantitative estimate of drug-likeness (QED) is 0.743. The number of nitrogens with zero attached hydrogens (tertiary/aromatic N) is 1. The highest BCUT2D eigenvalue weighted by atomic mass is 16.2. The molecule has 0 heterocycles. The SMILES string of the molecule is CCN(CC)CCCNC(=O)Nc1cccc(C)c1. The molecule has 0 aromatic heterocycles. The molecule has 2 amide bonds. The van der Waals surface area contributed by atoms with Crippen molar-refractivity contribution in [2.75, 3.05) is 31.5 Å². The Morgan fingerprint density at radius 3 is 2.63 bits per heavy atom. The lowest BCUT2D eigenvalue weighted by Gasteiger charge is -2.17. The lowest BCUT2D eigenvalue weighted by molar-refractivity contribution is 0.250. The molecular formula is C15H25N3O. The molecule has 0 radical (unpaired) electrons. The number of benzene rings is 1. The minimum absolute atomic E-state index is 0.134. The number of hydrogen-bond acceptors (Lipinski definition) is 2. The van der Waals surface area contributed by atoms with E-state index >= 15 is 0 Å². The maximum absolute atomic E-state index is 11.7. The highest BCUT2D eigenvalue weighted by Crippen LogP contribution is 2.08. The van der Waals surface area contributed by atoms with Gasteiger partial charge >= 0.3 is 6.03 Å². The fourth-order valence-electron chi connectivity index (χ4n) is 1.94. The Hall–Kier alpha value is -1.55. The number of amides is 2. The van der Waals surface area contributed by atoms with E-state index in [4.69, 9.17) is 0 Å². The lowest BCUT2D eigenvalue weighted by Crippen LogP contribution is -2.32. The van der Waals surface area contributed by atoms with Crippen LogP contribution in [0.3, 0.4) is 0 Å². The molecule has 2 N–H and O–H groups in total. The average molecular weight is 263 g/mol. The summed E-state index contributed by atoms with van der Waals surface area (Å²) >= 11 is 0. The first-order chi connectivity index (χ1) is 9.15. The summed E-state index contributed by atoms with van der Waals surface area (Å²) in [4.78, 5) is 14.0. The van der Waals surface area contributed by atoms with Gasteiger partial charge in [-0.25, -0.2) is 4.79 Å². The van der Waals surface area contributed by atoms with Crippen molar-refractivity contribution in [2.24, 2.45) is 0 Å². The molecule has 0 aliphatic carbocycles. The zero-order valence-corrected chi connectivity index (χ0v) is 12.2. The molecule has 106 valence electrons. The van der Waals surface area contributed by atoms with Gasteiger partial charge in [-0.05, 0) is 50.7 Å². The molecule has 0 aliphatic heterocycles. The molecule has 0 fully saturated rings. The van der Waals surface area contributed by atoms with E-state index in [-0.39, 0.29) is 6.03 Å². The maximum atomic E-state index is 11.7. The van der Waals surface area contributed by atoms with Gasteiger partial charge in [-0.3, -0.25) is 0 Å². The number of aryl methyl sites for hydroxylation is 1. The Kier molecular flexibility index (Phi) is 6.97. The molecule has 0 saturated carbocycles. The first-order valence-corrected chi connectivity index (χ1v) is 6.99. The normalized spacial score (nSPS) is 10.5. The van der Waals surface area contributed by atoms with E-state index in [1.54, 1.807) is 0 Å². The topological polar surface area (TPSA) is 44.4 Å². The molecule has 1 aromatic rings. The van der Waals surface area contributed by atoms with Gasteiger partial charge in [0.15, 0.2) is 0 Å². The first kappa shape index (κ1) is 15.5. The van der Waals surface area contributed by atoms with Crippen LogP contribution in [0.25, 0.3) is 0 Å². The van der Waals surface area contributed by atoms with Crippen molar-refractivity contribution in [1.29, 1.82) is 0 Å². The van der Waals surface area contributed by atoms with Crippen molar-refractivity contribution in [3.05, 3.63) is 29.8 Å². The lowest BCUT2D eigenvalue weighted by atomic mass is 10.2. The van der Waals surface area contributed by atoms with Gasteiger partial charge in [-0.15, -0.1) is 0 Å². The zero-order valence-electron chi connectivity index (χ0n) is 12.2. The van der Waals surface area contributed by atoms with Gasteiger partial charge in [0.25, 0.3) is 0 Å². The summed E-state index contributed by atoms with van der Waals surface area (Å²) in [5.41, 5.74) is 1.97. The van der Waals surface area contributed by atoms with Crippen molar-refractivity contribution in [3.63, 3.8) is 0 Å². The van der Waals surface area contributed by atoms with E-state index in [2.05, 4.69) is 29.4 Å². The Labute approximate surface area is 116 Å².